The molecule has 2 aliphatic heterocycles. The third kappa shape index (κ3) is 2.47. The molecule has 4 rings (SSSR count). The van der Waals surface area contributed by atoms with Gasteiger partial charge in [0.2, 0.25) is 0 Å². The van der Waals surface area contributed by atoms with E-state index >= 15 is 0 Å². The first-order valence-corrected chi connectivity index (χ1v) is 8.02. The molecule has 0 bridgehead atoms. The van der Waals surface area contributed by atoms with Crippen molar-refractivity contribution in [2.45, 2.75) is 19.3 Å². The van der Waals surface area contributed by atoms with Crippen LogP contribution in [0, 0.1) is 10.1 Å². The van der Waals surface area contributed by atoms with E-state index in [0.29, 0.717) is 18.1 Å². The van der Waals surface area contributed by atoms with E-state index in [1.165, 1.54) is 5.56 Å². The van der Waals surface area contributed by atoms with Crippen LogP contribution < -0.4 is 14.4 Å². The van der Waals surface area contributed by atoms with Crippen LogP contribution in [0.15, 0.2) is 30.3 Å². The fraction of sp³-hybridized carbons (Fsp3) is 0.333. The van der Waals surface area contributed by atoms with Gasteiger partial charge in [-0.25, -0.2) is 0 Å². The van der Waals surface area contributed by atoms with E-state index in [2.05, 4.69) is 4.90 Å². The molecule has 1 atom stereocenters. The van der Waals surface area contributed by atoms with Gasteiger partial charge in [0.05, 0.1) is 25.7 Å². The first kappa shape index (κ1) is 15.7. The van der Waals surface area contributed by atoms with E-state index in [1.54, 1.807) is 26.4 Å². The van der Waals surface area contributed by atoms with Crippen molar-refractivity contribution in [1.82, 2.24) is 0 Å². The van der Waals surface area contributed by atoms with Crippen molar-refractivity contribution in [2.75, 3.05) is 25.7 Å². The standard InChI is InChI=1S/C18H18N2O5/c1-23-16-8-11-5-6-19-15-4-3-13(20(21)22)7-12(15)10-25-18(19)14(11)9-17(16)24-2/h3-4,7-9,18H,5-6,10H2,1-2H3. The lowest BCUT2D eigenvalue weighted by Crippen LogP contribution is -2.40. The predicted octanol–water partition coefficient (Wildman–Crippen LogP) is 3.20. The maximum atomic E-state index is 11.0. The average Bonchev–Trinajstić information content (AvgIpc) is 2.65. The van der Waals surface area contributed by atoms with Crippen LogP contribution >= 0.6 is 0 Å². The molecule has 0 N–H and O–H groups in total. The smallest absolute Gasteiger partial charge is 0.269 e. The van der Waals surface area contributed by atoms with Gasteiger partial charge in [-0.1, -0.05) is 0 Å². The molecule has 2 aliphatic rings. The zero-order chi connectivity index (χ0) is 17.6. The van der Waals surface area contributed by atoms with Crippen LogP contribution in [0.4, 0.5) is 11.4 Å². The Morgan fingerprint density at radius 1 is 1.16 bits per heavy atom. The molecule has 0 fully saturated rings. The molecule has 7 heteroatoms. The molecule has 2 aromatic carbocycles. The first-order valence-electron chi connectivity index (χ1n) is 8.02. The summed E-state index contributed by atoms with van der Waals surface area (Å²) in [7, 11) is 3.24. The highest BCUT2D eigenvalue weighted by Gasteiger charge is 2.34. The normalized spacial score (nSPS) is 18.0. The molecule has 0 amide bonds. The highest BCUT2D eigenvalue weighted by atomic mass is 16.6. The third-order valence-corrected chi connectivity index (χ3v) is 4.80. The number of hydrogen-bond acceptors (Lipinski definition) is 6. The molecule has 130 valence electrons. The molecule has 0 saturated heterocycles. The highest BCUT2D eigenvalue weighted by molar-refractivity contribution is 5.62. The van der Waals surface area contributed by atoms with Gasteiger partial charge < -0.3 is 19.1 Å². The summed E-state index contributed by atoms with van der Waals surface area (Å²) >= 11 is 0. The molecule has 7 nitrogen and oxygen atoms in total. The Labute approximate surface area is 144 Å². The van der Waals surface area contributed by atoms with E-state index in [-0.39, 0.29) is 16.8 Å². The SMILES string of the molecule is COc1cc2c(cc1OC)C1OCc3cc([N+](=O)[O-])ccc3N1CC2. The van der Waals surface area contributed by atoms with E-state index in [4.69, 9.17) is 14.2 Å². The van der Waals surface area contributed by atoms with E-state index in [1.807, 2.05) is 18.2 Å². The van der Waals surface area contributed by atoms with Crippen molar-refractivity contribution < 1.29 is 19.1 Å². The molecule has 0 aromatic heterocycles. The average molecular weight is 342 g/mol. The van der Waals surface area contributed by atoms with Gasteiger partial charge in [0.1, 0.15) is 0 Å². The summed E-state index contributed by atoms with van der Waals surface area (Å²) in [5, 5.41) is 11.0. The van der Waals surface area contributed by atoms with Crippen molar-refractivity contribution >= 4 is 11.4 Å². The number of ether oxygens (including phenoxy) is 3. The number of methoxy groups -OCH3 is 2. The topological polar surface area (TPSA) is 74.1 Å². The molecule has 2 aromatic rings. The number of anilines is 1. The number of rotatable bonds is 3. The fourth-order valence-electron chi connectivity index (χ4n) is 3.59. The van der Waals surface area contributed by atoms with Gasteiger partial charge in [0.25, 0.3) is 5.69 Å². The number of benzene rings is 2. The van der Waals surface area contributed by atoms with Crippen molar-refractivity contribution in [1.29, 1.82) is 0 Å². The number of nitro groups is 1. The van der Waals surface area contributed by atoms with Crippen LogP contribution in [0.2, 0.25) is 0 Å². The maximum Gasteiger partial charge on any atom is 0.269 e. The maximum absolute atomic E-state index is 11.0. The lowest BCUT2D eigenvalue weighted by molar-refractivity contribution is -0.385. The minimum Gasteiger partial charge on any atom is -0.493 e. The minimum atomic E-state index is -0.380. The molecule has 0 radical (unpaired) electrons. The van der Waals surface area contributed by atoms with Crippen molar-refractivity contribution in [3.05, 3.63) is 57.1 Å². The van der Waals surface area contributed by atoms with Crippen LogP contribution in [0.25, 0.3) is 0 Å². The summed E-state index contributed by atoms with van der Waals surface area (Å²) in [6.07, 6.45) is 0.615. The summed E-state index contributed by atoms with van der Waals surface area (Å²) in [6, 6.07) is 8.91. The van der Waals surface area contributed by atoms with Crippen LogP contribution in [0.1, 0.15) is 22.9 Å². The highest BCUT2D eigenvalue weighted by Crippen LogP contribution is 2.44. The zero-order valence-electron chi connectivity index (χ0n) is 14.0. The number of nitrogens with zero attached hydrogens (tertiary/aromatic N) is 2. The monoisotopic (exact) mass is 342 g/mol. The summed E-state index contributed by atoms with van der Waals surface area (Å²) in [4.78, 5) is 12.8. The van der Waals surface area contributed by atoms with Gasteiger partial charge >= 0.3 is 0 Å². The quantitative estimate of drug-likeness (QED) is 0.630. The molecule has 25 heavy (non-hydrogen) atoms. The number of nitro benzene ring substituents is 1. The van der Waals surface area contributed by atoms with Gasteiger partial charge in [-0.2, -0.15) is 0 Å². The van der Waals surface area contributed by atoms with Gasteiger partial charge in [-0.3, -0.25) is 10.1 Å². The lowest BCUT2D eigenvalue weighted by atomic mass is 9.94. The molecular weight excluding hydrogens is 324 g/mol. The van der Waals surface area contributed by atoms with Crippen molar-refractivity contribution in [3.8, 4) is 11.5 Å². The Morgan fingerprint density at radius 3 is 2.64 bits per heavy atom. The molecule has 0 spiro atoms. The number of fused-ring (bicyclic) bond motifs is 5. The first-order chi connectivity index (χ1) is 12.1. The van der Waals surface area contributed by atoms with Gasteiger partial charge in [-0.05, 0) is 30.2 Å². The number of hydrogen-bond donors (Lipinski definition) is 0. The Morgan fingerprint density at radius 2 is 1.92 bits per heavy atom. The molecule has 0 aliphatic carbocycles. The summed E-state index contributed by atoms with van der Waals surface area (Å²) in [5.41, 5.74) is 4.14. The molecule has 0 saturated carbocycles. The van der Waals surface area contributed by atoms with Crippen molar-refractivity contribution in [3.63, 3.8) is 0 Å². The summed E-state index contributed by atoms with van der Waals surface area (Å²) < 4.78 is 16.9. The molecule has 1 unspecified atom stereocenters. The largest absolute Gasteiger partial charge is 0.493 e. The predicted molar refractivity (Wildman–Crippen MR) is 91.2 cm³/mol. The third-order valence-electron chi connectivity index (χ3n) is 4.80. The summed E-state index contributed by atoms with van der Waals surface area (Å²) in [6.45, 7) is 1.12. The molecular formula is C18H18N2O5. The van der Waals surface area contributed by atoms with Gasteiger partial charge in [0, 0.05) is 35.5 Å². The van der Waals surface area contributed by atoms with Crippen LogP contribution in [0.5, 0.6) is 11.5 Å². The Balaban J connectivity index is 1.75. The van der Waals surface area contributed by atoms with Crippen LogP contribution in [-0.4, -0.2) is 25.7 Å². The fourth-order valence-corrected chi connectivity index (χ4v) is 3.59. The van der Waals surface area contributed by atoms with E-state index in [9.17, 15) is 10.1 Å². The second-order valence-electron chi connectivity index (χ2n) is 6.08. The minimum absolute atomic E-state index is 0.0876. The van der Waals surface area contributed by atoms with Crippen LogP contribution in [-0.2, 0) is 17.8 Å². The Kier molecular flexibility index (Phi) is 3.73. The number of non-ortho nitro benzene ring substituents is 1. The molecule has 2 heterocycles. The lowest BCUT2D eigenvalue weighted by Gasteiger charge is -2.42. The van der Waals surface area contributed by atoms with E-state index in [0.717, 1.165) is 29.8 Å². The van der Waals surface area contributed by atoms with E-state index < -0.39 is 0 Å². The van der Waals surface area contributed by atoms with Crippen LogP contribution in [0.3, 0.4) is 0 Å². The second kappa shape index (κ2) is 5.93. The van der Waals surface area contributed by atoms with Gasteiger partial charge in [-0.15, -0.1) is 0 Å². The van der Waals surface area contributed by atoms with Crippen molar-refractivity contribution in [2.24, 2.45) is 0 Å². The second-order valence-corrected chi connectivity index (χ2v) is 6.08. The Hall–Kier alpha value is -2.80. The zero-order valence-corrected chi connectivity index (χ0v) is 14.0. The summed E-state index contributed by atoms with van der Waals surface area (Å²) in [5.74, 6) is 1.38. The van der Waals surface area contributed by atoms with Gasteiger partial charge in [0.15, 0.2) is 17.7 Å². The Bertz CT molecular complexity index is 852.